The van der Waals surface area contributed by atoms with Gasteiger partial charge in [-0.2, -0.15) is 0 Å². The molecule has 0 amide bonds. The second-order valence-electron chi connectivity index (χ2n) is 5.41. The fraction of sp³-hybridized carbons (Fsp3) is 1.00. The van der Waals surface area contributed by atoms with Crippen molar-refractivity contribution in [2.75, 3.05) is 6.61 Å². The van der Waals surface area contributed by atoms with Crippen LogP contribution in [0.1, 0.15) is 48.0 Å². The average molecular weight is 218 g/mol. The van der Waals surface area contributed by atoms with Crippen molar-refractivity contribution in [3.05, 3.63) is 0 Å². The van der Waals surface area contributed by atoms with Gasteiger partial charge >= 0.3 is 0 Å². The highest BCUT2D eigenvalue weighted by atomic mass is 31.2. The molecule has 0 aromatic rings. The Morgan fingerprint density at radius 2 is 1.64 bits per heavy atom. The highest BCUT2D eigenvalue weighted by Crippen LogP contribution is 2.82. The maximum atomic E-state index is 12.7. The van der Waals surface area contributed by atoms with Gasteiger partial charge in [-0.15, -0.1) is 0 Å². The van der Waals surface area contributed by atoms with Crippen LogP contribution in [0, 0.1) is 5.92 Å². The summed E-state index contributed by atoms with van der Waals surface area (Å²) in [4.78, 5) is 0. The van der Waals surface area contributed by atoms with E-state index in [0.29, 0.717) is 12.5 Å². The Morgan fingerprint density at radius 3 is 2.00 bits per heavy atom. The van der Waals surface area contributed by atoms with Crippen LogP contribution in [0.3, 0.4) is 0 Å². The summed E-state index contributed by atoms with van der Waals surface area (Å²) < 4.78 is 18.4. The van der Waals surface area contributed by atoms with E-state index >= 15 is 0 Å². The summed E-state index contributed by atoms with van der Waals surface area (Å²) in [5, 5.41) is -0.294. The van der Waals surface area contributed by atoms with Crippen LogP contribution in [0.5, 0.6) is 0 Å². The second-order valence-corrected chi connectivity index (χ2v) is 9.08. The van der Waals surface area contributed by atoms with E-state index in [0.717, 1.165) is 6.42 Å². The van der Waals surface area contributed by atoms with Gasteiger partial charge in [0.05, 0.1) is 6.61 Å². The summed E-state index contributed by atoms with van der Waals surface area (Å²) in [5.74, 6) is 0.456. The van der Waals surface area contributed by atoms with Gasteiger partial charge in [-0.25, -0.2) is 0 Å². The standard InChI is InChI=1S/C11H23O2P/c1-7-8-13-14(12)10(3,4)9(2)11(14,5)6/h9H,7-8H2,1-6H3. The van der Waals surface area contributed by atoms with Gasteiger partial charge in [0.2, 0.25) is 7.37 Å². The van der Waals surface area contributed by atoms with Gasteiger partial charge in [0.25, 0.3) is 0 Å². The van der Waals surface area contributed by atoms with Crippen molar-refractivity contribution in [3.8, 4) is 0 Å². The van der Waals surface area contributed by atoms with Crippen molar-refractivity contribution >= 4 is 7.37 Å². The fourth-order valence-electron chi connectivity index (χ4n) is 2.60. The molecule has 0 radical (unpaired) electrons. The van der Waals surface area contributed by atoms with Gasteiger partial charge in [-0.3, -0.25) is 4.57 Å². The molecule has 1 aliphatic rings. The van der Waals surface area contributed by atoms with E-state index in [-0.39, 0.29) is 10.3 Å². The Hall–Kier alpha value is 0.190. The molecular weight excluding hydrogens is 195 g/mol. The third-order valence-electron chi connectivity index (χ3n) is 4.11. The lowest BCUT2D eigenvalue weighted by molar-refractivity contribution is 0.180. The molecule has 1 saturated heterocycles. The largest absolute Gasteiger partial charge is 0.328 e. The summed E-state index contributed by atoms with van der Waals surface area (Å²) in [6, 6.07) is 0. The average Bonchev–Trinajstić information content (AvgIpc) is 2.11. The molecule has 0 N–H and O–H groups in total. The minimum Gasteiger partial charge on any atom is -0.328 e. The summed E-state index contributed by atoms with van der Waals surface area (Å²) in [7, 11) is -2.47. The van der Waals surface area contributed by atoms with Crippen molar-refractivity contribution < 1.29 is 9.09 Å². The highest BCUT2D eigenvalue weighted by molar-refractivity contribution is 7.64. The molecule has 0 bridgehead atoms. The molecule has 1 heterocycles. The molecule has 0 aromatic carbocycles. The Kier molecular flexibility index (Phi) is 2.93. The molecule has 84 valence electrons. The molecule has 0 unspecified atom stereocenters. The first kappa shape index (κ1) is 12.3. The molecular formula is C11H23O2P. The van der Waals surface area contributed by atoms with Crippen LogP contribution in [-0.4, -0.2) is 16.9 Å². The Bertz CT molecular complexity index is 248. The van der Waals surface area contributed by atoms with Crippen LogP contribution in [0.2, 0.25) is 0 Å². The molecule has 0 saturated carbocycles. The SMILES string of the molecule is CCCOP1(=O)C(C)(C)C(C)C1(C)C. The van der Waals surface area contributed by atoms with Gasteiger partial charge in [0.1, 0.15) is 0 Å². The van der Waals surface area contributed by atoms with Crippen LogP contribution < -0.4 is 0 Å². The van der Waals surface area contributed by atoms with E-state index < -0.39 is 7.37 Å². The molecule has 0 atom stereocenters. The molecule has 1 fully saturated rings. The van der Waals surface area contributed by atoms with Crippen LogP contribution in [0.15, 0.2) is 0 Å². The van der Waals surface area contributed by atoms with Crippen LogP contribution in [0.4, 0.5) is 0 Å². The first-order valence-corrected chi connectivity index (χ1v) is 7.09. The predicted octanol–water partition coefficient (Wildman–Crippen LogP) is 3.90. The fourth-order valence-corrected chi connectivity index (χ4v) is 6.66. The number of rotatable bonds is 3. The van der Waals surface area contributed by atoms with Crippen molar-refractivity contribution in [2.45, 2.75) is 58.3 Å². The van der Waals surface area contributed by atoms with Crippen LogP contribution in [-0.2, 0) is 9.09 Å². The van der Waals surface area contributed by atoms with E-state index in [9.17, 15) is 4.57 Å². The monoisotopic (exact) mass is 218 g/mol. The number of hydrogen-bond donors (Lipinski definition) is 0. The number of hydrogen-bond acceptors (Lipinski definition) is 2. The predicted molar refractivity (Wildman–Crippen MR) is 61.2 cm³/mol. The minimum atomic E-state index is -2.47. The van der Waals surface area contributed by atoms with Crippen molar-refractivity contribution in [2.24, 2.45) is 5.92 Å². The van der Waals surface area contributed by atoms with Gasteiger partial charge in [-0.1, -0.05) is 41.5 Å². The maximum Gasteiger partial charge on any atom is 0.214 e. The van der Waals surface area contributed by atoms with Gasteiger partial charge in [-0.05, 0) is 12.3 Å². The van der Waals surface area contributed by atoms with Gasteiger partial charge in [0.15, 0.2) is 0 Å². The van der Waals surface area contributed by atoms with E-state index in [1.165, 1.54) is 0 Å². The zero-order valence-corrected chi connectivity index (χ0v) is 11.1. The topological polar surface area (TPSA) is 26.3 Å². The van der Waals surface area contributed by atoms with E-state index in [2.05, 4.69) is 41.5 Å². The normalized spacial score (nSPS) is 39.1. The van der Waals surface area contributed by atoms with E-state index in [1.807, 2.05) is 0 Å². The molecule has 0 aliphatic carbocycles. The molecule has 2 nitrogen and oxygen atoms in total. The molecule has 0 spiro atoms. The first-order chi connectivity index (χ1) is 6.22. The zero-order valence-electron chi connectivity index (χ0n) is 10.3. The Morgan fingerprint density at radius 1 is 1.21 bits per heavy atom. The second kappa shape index (κ2) is 3.35. The van der Waals surface area contributed by atoms with Crippen LogP contribution >= 0.6 is 7.37 Å². The minimum absolute atomic E-state index is 0.147. The smallest absolute Gasteiger partial charge is 0.214 e. The lowest BCUT2D eigenvalue weighted by Gasteiger charge is -2.61. The Balaban J connectivity index is 2.91. The third kappa shape index (κ3) is 1.23. The summed E-state index contributed by atoms with van der Waals surface area (Å²) >= 11 is 0. The quantitative estimate of drug-likeness (QED) is 0.671. The summed E-state index contributed by atoms with van der Waals surface area (Å²) in [5.41, 5.74) is 0. The molecule has 1 rings (SSSR count). The molecule has 14 heavy (non-hydrogen) atoms. The summed E-state index contributed by atoms with van der Waals surface area (Å²) in [6.07, 6.45) is 0.935. The van der Waals surface area contributed by atoms with Crippen molar-refractivity contribution in [1.29, 1.82) is 0 Å². The van der Waals surface area contributed by atoms with E-state index in [4.69, 9.17) is 4.52 Å². The Labute approximate surface area is 87.9 Å². The summed E-state index contributed by atoms with van der Waals surface area (Å²) in [6.45, 7) is 13.1. The van der Waals surface area contributed by atoms with Crippen molar-refractivity contribution in [1.82, 2.24) is 0 Å². The van der Waals surface area contributed by atoms with Gasteiger partial charge < -0.3 is 4.52 Å². The molecule has 1 aliphatic heterocycles. The van der Waals surface area contributed by atoms with Crippen LogP contribution in [0.25, 0.3) is 0 Å². The first-order valence-electron chi connectivity index (χ1n) is 5.46. The zero-order chi connectivity index (χ0) is 11.2. The molecule has 0 aromatic heterocycles. The van der Waals surface area contributed by atoms with Gasteiger partial charge in [0, 0.05) is 10.3 Å². The lowest BCUT2D eigenvalue weighted by Crippen LogP contribution is -2.58. The lowest BCUT2D eigenvalue weighted by atomic mass is 9.83. The van der Waals surface area contributed by atoms with E-state index in [1.54, 1.807) is 0 Å². The molecule has 3 heteroatoms. The maximum absolute atomic E-state index is 12.7. The van der Waals surface area contributed by atoms with Crippen molar-refractivity contribution in [3.63, 3.8) is 0 Å². The highest BCUT2D eigenvalue weighted by Gasteiger charge is 2.69. The third-order valence-corrected chi connectivity index (χ3v) is 8.47.